The van der Waals surface area contributed by atoms with Gasteiger partial charge in [-0.15, -0.1) is 0 Å². The number of amides is 2. The molecule has 1 heterocycles. The first kappa shape index (κ1) is 20.2. The minimum absolute atomic E-state index is 0.0246. The number of benzene rings is 3. The van der Waals surface area contributed by atoms with Crippen LogP contribution in [0.25, 0.3) is 0 Å². The fourth-order valence-corrected chi connectivity index (χ4v) is 4.55. The quantitative estimate of drug-likeness (QED) is 0.491. The summed E-state index contributed by atoms with van der Waals surface area (Å²) in [4.78, 5) is 27.2. The van der Waals surface area contributed by atoms with Gasteiger partial charge in [0.2, 0.25) is 5.60 Å². The molecule has 1 unspecified atom stereocenters. The van der Waals surface area contributed by atoms with Crippen molar-refractivity contribution in [3.05, 3.63) is 91.0 Å². The van der Waals surface area contributed by atoms with E-state index in [0.717, 1.165) is 0 Å². The Labute approximate surface area is 177 Å². The molecule has 152 valence electrons. The number of aliphatic hydroxyl groups is 1. The predicted molar refractivity (Wildman–Crippen MR) is 115 cm³/mol. The second-order valence-electron chi connectivity index (χ2n) is 6.88. The third kappa shape index (κ3) is 3.59. The first-order valence-electron chi connectivity index (χ1n) is 9.47. The average Bonchev–Trinajstić information content (AvgIpc) is 3.00. The Balaban J connectivity index is 1.66. The van der Waals surface area contributed by atoms with Gasteiger partial charge in [-0.2, -0.15) is 0 Å². The molecule has 0 bridgehead atoms. The molecular weight excluding hydrogens is 400 g/mol. The van der Waals surface area contributed by atoms with Gasteiger partial charge < -0.3 is 9.66 Å². The summed E-state index contributed by atoms with van der Waals surface area (Å²) in [6.07, 6.45) is -0.251. The summed E-state index contributed by atoms with van der Waals surface area (Å²) in [7, 11) is 0. The molecule has 0 aromatic heterocycles. The summed E-state index contributed by atoms with van der Waals surface area (Å²) in [6.45, 7) is 0. The number of anilines is 2. The van der Waals surface area contributed by atoms with Crippen molar-refractivity contribution in [2.24, 2.45) is 0 Å². The third-order valence-electron chi connectivity index (χ3n) is 4.95. The summed E-state index contributed by atoms with van der Waals surface area (Å²) in [5, 5.41) is 13.5. The highest BCUT2D eigenvalue weighted by molar-refractivity contribution is 7.91. The van der Waals surface area contributed by atoms with Crippen LogP contribution < -0.4 is 10.0 Å². The highest BCUT2D eigenvalue weighted by Crippen LogP contribution is 2.35. The fraction of sp³-hybridized carbons (Fsp3) is 0.130. The van der Waals surface area contributed by atoms with Gasteiger partial charge in [0.1, 0.15) is 5.75 Å². The zero-order chi connectivity index (χ0) is 21.1. The number of para-hydroxylation sites is 2. The van der Waals surface area contributed by atoms with Gasteiger partial charge in [-0.05, 0) is 47.6 Å². The van der Waals surface area contributed by atoms with E-state index in [0.29, 0.717) is 16.3 Å². The molecule has 30 heavy (non-hydrogen) atoms. The van der Waals surface area contributed by atoms with Crippen LogP contribution in [0.1, 0.15) is 6.42 Å². The molecule has 1 saturated heterocycles. The zero-order valence-electron chi connectivity index (χ0n) is 16.0. The molecule has 0 saturated carbocycles. The van der Waals surface area contributed by atoms with Gasteiger partial charge in [0.25, 0.3) is 11.8 Å². The summed E-state index contributed by atoms with van der Waals surface area (Å²) in [6, 6.07) is 26.1. The molecule has 7 heteroatoms. The molecule has 0 spiro atoms. The zero-order valence-corrected chi connectivity index (χ0v) is 16.9. The van der Waals surface area contributed by atoms with E-state index in [1.165, 1.54) is 10.0 Å². The van der Waals surface area contributed by atoms with Crippen LogP contribution >= 0.6 is 0 Å². The van der Waals surface area contributed by atoms with Crippen LogP contribution in [0.15, 0.2) is 95.9 Å². The van der Waals surface area contributed by atoms with Crippen LogP contribution in [0, 0.1) is 0 Å². The topological polar surface area (TPSA) is 83.9 Å². The number of hydrazine groups is 1. The van der Waals surface area contributed by atoms with Crippen molar-refractivity contribution in [3.8, 4) is 0 Å². The lowest BCUT2D eigenvalue weighted by atomic mass is 10.00. The molecule has 3 aromatic rings. The molecule has 0 radical (unpaired) electrons. The van der Waals surface area contributed by atoms with E-state index in [4.69, 9.17) is 0 Å². The Morgan fingerprint density at radius 3 is 1.57 bits per heavy atom. The standard InChI is InChI=1S/C23H20N2O4S/c26-21-23(28,16-17-30(29)20-14-8-3-9-15-20)22(27)25(19-12-6-2-7-13-19)24(21)18-10-4-1-5-11-18/h1-15,28H,16-17H2. The number of hydrogen-bond donors (Lipinski definition) is 1. The lowest BCUT2D eigenvalue weighted by Crippen LogP contribution is -2.45. The predicted octanol–water partition coefficient (Wildman–Crippen LogP) is 2.91. The Morgan fingerprint density at radius 1 is 0.733 bits per heavy atom. The summed E-state index contributed by atoms with van der Waals surface area (Å²) >= 11 is -1.45. The van der Waals surface area contributed by atoms with Crippen LogP contribution in [-0.2, 0) is 20.8 Å². The van der Waals surface area contributed by atoms with Crippen molar-refractivity contribution in [2.45, 2.75) is 16.9 Å². The van der Waals surface area contributed by atoms with Crippen molar-refractivity contribution in [2.75, 3.05) is 15.8 Å². The summed E-state index contributed by atoms with van der Waals surface area (Å²) in [5.41, 5.74) is -1.38. The van der Waals surface area contributed by atoms with Crippen molar-refractivity contribution in [1.82, 2.24) is 0 Å². The van der Waals surface area contributed by atoms with E-state index in [9.17, 15) is 19.2 Å². The largest absolute Gasteiger partial charge is 0.611 e. The lowest BCUT2D eigenvalue weighted by molar-refractivity contribution is -0.144. The second kappa shape index (κ2) is 8.31. The van der Waals surface area contributed by atoms with Gasteiger partial charge in [-0.25, -0.2) is 10.0 Å². The lowest BCUT2D eigenvalue weighted by Gasteiger charge is -2.27. The van der Waals surface area contributed by atoms with Crippen LogP contribution in [-0.4, -0.2) is 32.8 Å². The van der Waals surface area contributed by atoms with Gasteiger partial charge in [-0.3, -0.25) is 9.59 Å². The molecule has 1 atom stereocenters. The number of nitrogens with zero attached hydrogens (tertiary/aromatic N) is 2. The molecule has 1 fully saturated rings. The van der Waals surface area contributed by atoms with Gasteiger partial charge in [0, 0.05) is 6.42 Å². The first-order chi connectivity index (χ1) is 14.5. The summed E-state index contributed by atoms with van der Waals surface area (Å²) in [5.74, 6) is -1.54. The molecule has 2 amide bonds. The molecule has 0 aliphatic carbocycles. The third-order valence-corrected chi connectivity index (χ3v) is 6.32. The first-order valence-corrected chi connectivity index (χ1v) is 10.8. The minimum Gasteiger partial charge on any atom is -0.611 e. The van der Waals surface area contributed by atoms with Crippen molar-refractivity contribution in [1.29, 1.82) is 0 Å². The van der Waals surface area contributed by atoms with Crippen LogP contribution in [0.4, 0.5) is 11.4 Å². The number of carbonyl (C=O) groups excluding carboxylic acids is 2. The van der Waals surface area contributed by atoms with E-state index in [1.807, 2.05) is 6.07 Å². The van der Waals surface area contributed by atoms with E-state index in [2.05, 4.69) is 0 Å². The van der Waals surface area contributed by atoms with Gasteiger partial charge in [0.15, 0.2) is 4.90 Å². The van der Waals surface area contributed by atoms with Gasteiger partial charge in [0.05, 0.1) is 11.4 Å². The Bertz CT molecular complexity index is 973. The SMILES string of the molecule is O=C1N(c2ccccc2)N(c2ccccc2)C(=O)C1(O)CC[S+]([O-])c1ccccc1. The Morgan fingerprint density at radius 2 is 1.13 bits per heavy atom. The smallest absolute Gasteiger partial charge is 0.288 e. The molecule has 1 N–H and O–H groups in total. The monoisotopic (exact) mass is 420 g/mol. The Hall–Kier alpha value is -3.13. The fourth-order valence-electron chi connectivity index (χ4n) is 3.37. The maximum Gasteiger partial charge on any atom is 0.288 e. The molecule has 1 aliphatic rings. The van der Waals surface area contributed by atoms with Crippen molar-refractivity contribution < 1.29 is 19.2 Å². The summed E-state index contributed by atoms with van der Waals surface area (Å²) < 4.78 is 12.6. The molecule has 6 nitrogen and oxygen atoms in total. The maximum atomic E-state index is 13.3. The normalized spacial score (nSPS) is 16.7. The number of rotatable bonds is 6. The molecule has 1 aliphatic heterocycles. The van der Waals surface area contributed by atoms with Crippen molar-refractivity contribution in [3.63, 3.8) is 0 Å². The minimum atomic E-state index is -2.30. The van der Waals surface area contributed by atoms with Crippen molar-refractivity contribution >= 4 is 34.4 Å². The number of carbonyl (C=O) groups is 2. The number of hydrogen-bond acceptors (Lipinski definition) is 4. The molecule has 4 rings (SSSR count). The van der Waals surface area contributed by atoms with Gasteiger partial charge in [-0.1, -0.05) is 54.6 Å². The van der Waals surface area contributed by atoms with E-state index >= 15 is 0 Å². The van der Waals surface area contributed by atoms with Crippen LogP contribution in [0.3, 0.4) is 0 Å². The Kier molecular flexibility index (Phi) is 5.59. The second-order valence-corrected chi connectivity index (χ2v) is 8.45. The van der Waals surface area contributed by atoms with Crippen LogP contribution in [0.2, 0.25) is 0 Å². The molecule has 3 aromatic carbocycles. The molecular formula is C23H20N2O4S. The maximum absolute atomic E-state index is 13.3. The van der Waals surface area contributed by atoms with Gasteiger partial charge >= 0.3 is 0 Å². The van der Waals surface area contributed by atoms with E-state index in [-0.39, 0.29) is 12.2 Å². The highest BCUT2D eigenvalue weighted by Gasteiger charge is 2.59. The van der Waals surface area contributed by atoms with Crippen LogP contribution in [0.5, 0.6) is 0 Å². The van der Waals surface area contributed by atoms with E-state index < -0.39 is 28.6 Å². The average molecular weight is 420 g/mol. The van der Waals surface area contributed by atoms with E-state index in [1.54, 1.807) is 84.9 Å². The highest BCUT2D eigenvalue weighted by atomic mass is 32.2.